The van der Waals surface area contributed by atoms with Gasteiger partial charge in [0, 0.05) is 25.2 Å². The molecule has 0 saturated heterocycles. The molecule has 0 fully saturated rings. The molecule has 0 aliphatic carbocycles. The van der Waals surface area contributed by atoms with Gasteiger partial charge in [0.15, 0.2) is 5.82 Å². The van der Waals surface area contributed by atoms with Gasteiger partial charge in [0.05, 0.1) is 11.6 Å². The fourth-order valence-corrected chi connectivity index (χ4v) is 4.95. The summed E-state index contributed by atoms with van der Waals surface area (Å²) in [5.41, 5.74) is 5.05. The maximum atomic E-state index is 13.2. The number of pyridine rings is 1. The van der Waals surface area contributed by atoms with Crippen molar-refractivity contribution in [3.05, 3.63) is 123 Å². The largest absolute Gasteiger partial charge is 0.321 e. The highest BCUT2D eigenvalue weighted by Crippen LogP contribution is 2.27. The first-order valence-corrected chi connectivity index (χ1v) is 12.8. The first-order chi connectivity index (χ1) is 18.1. The van der Waals surface area contributed by atoms with E-state index in [0.717, 1.165) is 40.7 Å². The van der Waals surface area contributed by atoms with Crippen molar-refractivity contribution in [3.63, 3.8) is 0 Å². The lowest BCUT2D eigenvalue weighted by Crippen LogP contribution is -2.32. The Morgan fingerprint density at radius 2 is 1.65 bits per heavy atom. The van der Waals surface area contributed by atoms with Gasteiger partial charge in [-0.15, -0.1) is 5.10 Å². The van der Waals surface area contributed by atoms with Gasteiger partial charge < -0.3 is 4.98 Å². The zero-order chi connectivity index (χ0) is 25.6. The summed E-state index contributed by atoms with van der Waals surface area (Å²) in [5.74, 6) is 0.822. The molecule has 5 aromatic rings. The summed E-state index contributed by atoms with van der Waals surface area (Å²) in [6.07, 6.45) is 1.65. The van der Waals surface area contributed by atoms with Gasteiger partial charge >= 0.3 is 0 Å². The van der Waals surface area contributed by atoms with Crippen molar-refractivity contribution in [1.29, 1.82) is 0 Å². The number of para-hydroxylation sites is 1. The number of aryl methyl sites for hydroxylation is 3. The minimum Gasteiger partial charge on any atom is -0.321 e. The van der Waals surface area contributed by atoms with Crippen LogP contribution in [0.4, 0.5) is 0 Å². The number of aromatic nitrogens is 5. The predicted molar refractivity (Wildman–Crippen MR) is 146 cm³/mol. The van der Waals surface area contributed by atoms with Crippen LogP contribution in [0.25, 0.3) is 10.9 Å². The number of benzene rings is 3. The molecule has 0 radical (unpaired) electrons. The SMILES string of the molecule is CC[C@@H](c1nnnn1CCc1ccccc1)N(Cc1ccccc1)Cc1cc2cccc(C)c2[nH]c1=O. The molecule has 1 N–H and O–H groups in total. The van der Waals surface area contributed by atoms with Crippen molar-refractivity contribution in [2.45, 2.75) is 52.4 Å². The topological polar surface area (TPSA) is 79.7 Å². The van der Waals surface area contributed by atoms with Gasteiger partial charge in [-0.05, 0) is 58.3 Å². The molecule has 5 rings (SSSR count). The van der Waals surface area contributed by atoms with Gasteiger partial charge in [0.25, 0.3) is 5.56 Å². The molecule has 0 aliphatic heterocycles. The number of H-pyrrole nitrogens is 1. The van der Waals surface area contributed by atoms with Crippen molar-refractivity contribution in [2.24, 2.45) is 0 Å². The van der Waals surface area contributed by atoms with Crippen molar-refractivity contribution >= 4 is 10.9 Å². The summed E-state index contributed by atoms with van der Waals surface area (Å²) in [6, 6.07) is 28.8. The number of nitrogens with zero attached hydrogens (tertiary/aromatic N) is 5. The number of hydrogen-bond acceptors (Lipinski definition) is 5. The van der Waals surface area contributed by atoms with Crippen LogP contribution in [0.1, 0.15) is 47.5 Å². The zero-order valence-electron chi connectivity index (χ0n) is 21.3. The summed E-state index contributed by atoms with van der Waals surface area (Å²) in [7, 11) is 0. The third-order valence-corrected chi connectivity index (χ3v) is 6.91. The molecule has 0 unspecified atom stereocenters. The number of aromatic amines is 1. The monoisotopic (exact) mass is 492 g/mol. The van der Waals surface area contributed by atoms with E-state index in [2.05, 4.69) is 68.7 Å². The fourth-order valence-electron chi connectivity index (χ4n) is 4.95. The third kappa shape index (κ3) is 5.67. The van der Waals surface area contributed by atoms with Gasteiger partial charge in [-0.1, -0.05) is 85.8 Å². The van der Waals surface area contributed by atoms with Crippen LogP contribution >= 0.6 is 0 Å². The molecule has 3 aromatic carbocycles. The molecule has 0 spiro atoms. The number of nitrogens with one attached hydrogen (secondary N) is 1. The molecule has 37 heavy (non-hydrogen) atoms. The normalized spacial score (nSPS) is 12.3. The van der Waals surface area contributed by atoms with E-state index in [1.807, 2.05) is 60.1 Å². The van der Waals surface area contributed by atoms with Crippen LogP contribution in [0.2, 0.25) is 0 Å². The second-order valence-electron chi connectivity index (χ2n) is 9.47. The minimum atomic E-state index is -0.0571. The van der Waals surface area contributed by atoms with E-state index in [1.165, 1.54) is 11.1 Å². The van der Waals surface area contributed by atoms with E-state index in [1.54, 1.807) is 0 Å². The first-order valence-electron chi connectivity index (χ1n) is 12.8. The van der Waals surface area contributed by atoms with Crippen LogP contribution in [0.5, 0.6) is 0 Å². The Balaban J connectivity index is 1.48. The molecular weight excluding hydrogens is 460 g/mol. The quantitative estimate of drug-likeness (QED) is 0.289. The Morgan fingerprint density at radius 1 is 0.919 bits per heavy atom. The van der Waals surface area contributed by atoms with Crippen molar-refractivity contribution in [1.82, 2.24) is 30.1 Å². The molecular formula is C30H32N6O. The van der Waals surface area contributed by atoms with Crippen LogP contribution < -0.4 is 5.56 Å². The van der Waals surface area contributed by atoms with Crippen LogP contribution in [0.15, 0.2) is 89.7 Å². The maximum Gasteiger partial charge on any atom is 0.252 e. The van der Waals surface area contributed by atoms with Gasteiger partial charge in [0.2, 0.25) is 0 Å². The van der Waals surface area contributed by atoms with E-state index < -0.39 is 0 Å². The molecule has 0 amide bonds. The van der Waals surface area contributed by atoms with Crippen LogP contribution in [-0.2, 0) is 26.1 Å². The highest BCUT2D eigenvalue weighted by Gasteiger charge is 2.26. The highest BCUT2D eigenvalue weighted by molar-refractivity contribution is 5.81. The lowest BCUT2D eigenvalue weighted by atomic mass is 10.1. The first kappa shape index (κ1) is 24.6. The molecule has 2 aromatic heterocycles. The maximum absolute atomic E-state index is 13.2. The second kappa shape index (κ2) is 11.3. The number of tetrazole rings is 1. The lowest BCUT2D eigenvalue weighted by Gasteiger charge is -2.30. The van der Waals surface area contributed by atoms with Crippen molar-refractivity contribution in [3.8, 4) is 0 Å². The van der Waals surface area contributed by atoms with Crippen LogP contribution in [0, 0.1) is 6.92 Å². The average molecular weight is 493 g/mol. The Hall–Kier alpha value is -4.10. The summed E-state index contributed by atoms with van der Waals surface area (Å²) in [5, 5.41) is 13.9. The Labute approximate surface area is 216 Å². The molecule has 7 nitrogen and oxygen atoms in total. The summed E-state index contributed by atoms with van der Waals surface area (Å²) in [4.78, 5) is 18.6. The molecule has 188 valence electrons. The van der Waals surface area contributed by atoms with Gasteiger partial charge in [0.1, 0.15) is 0 Å². The van der Waals surface area contributed by atoms with E-state index in [4.69, 9.17) is 0 Å². The zero-order valence-corrected chi connectivity index (χ0v) is 21.3. The van der Waals surface area contributed by atoms with Gasteiger partial charge in [-0.25, -0.2) is 4.68 Å². The molecule has 0 bridgehead atoms. The third-order valence-electron chi connectivity index (χ3n) is 6.91. The highest BCUT2D eigenvalue weighted by atomic mass is 16.1. The molecule has 2 heterocycles. The smallest absolute Gasteiger partial charge is 0.252 e. The van der Waals surface area contributed by atoms with E-state index in [9.17, 15) is 4.79 Å². The predicted octanol–water partition coefficient (Wildman–Crippen LogP) is 5.22. The number of fused-ring (bicyclic) bond motifs is 1. The van der Waals surface area contributed by atoms with E-state index in [-0.39, 0.29) is 11.6 Å². The number of rotatable bonds is 10. The van der Waals surface area contributed by atoms with E-state index >= 15 is 0 Å². The molecule has 1 atom stereocenters. The molecule has 7 heteroatoms. The summed E-state index contributed by atoms with van der Waals surface area (Å²) < 4.78 is 1.91. The van der Waals surface area contributed by atoms with Crippen molar-refractivity contribution < 1.29 is 0 Å². The standard InChI is InChI=1S/C30H32N6O/c1-3-27(29-32-33-34-36(29)18-17-23-12-6-4-7-13-23)35(20-24-14-8-5-9-15-24)21-26-19-25-16-10-11-22(2)28(25)31-30(26)37/h4-16,19,27H,3,17-18,20-21H2,1-2H3,(H,31,37)/t27-/m0/s1. The average Bonchev–Trinajstić information content (AvgIpc) is 3.38. The summed E-state index contributed by atoms with van der Waals surface area (Å²) in [6.45, 7) is 6.01. The van der Waals surface area contributed by atoms with Crippen LogP contribution in [0.3, 0.4) is 0 Å². The van der Waals surface area contributed by atoms with E-state index in [0.29, 0.717) is 19.6 Å². The van der Waals surface area contributed by atoms with Gasteiger partial charge in [-0.2, -0.15) is 0 Å². The molecule has 0 aliphatic rings. The Morgan fingerprint density at radius 3 is 2.38 bits per heavy atom. The molecule has 0 saturated carbocycles. The second-order valence-corrected chi connectivity index (χ2v) is 9.47. The van der Waals surface area contributed by atoms with Crippen molar-refractivity contribution in [2.75, 3.05) is 0 Å². The number of hydrogen-bond donors (Lipinski definition) is 1. The minimum absolute atomic E-state index is 0.0569. The van der Waals surface area contributed by atoms with Crippen LogP contribution in [-0.4, -0.2) is 30.1 Å². The van der Waals surface area contributed by atoms with Gasteiger partial charge in [-0.3, -0.25) is 9.69 Å². The lowest BCUT2D eigenvalue weighted by molar-refractivity contribution is 0.160. The summed E-state index contributed by atoms with van der Waals surface area (Å²) >= 11 is 0. The fraction of sp³-hybridized carbons (Fsp3) is 0.267. The Kier molecular flexibility index (Phi) is 7.51. The Bertz CT molecular complexity index is 1510.